The zero-order chi connectivity index (χ0) is 11.3. The van der Waals surface area contributed by atoms with Crippen molar-refractivity contribution < 1.29 is 21.8 Å². The smallest absolute Gasteiger partial charge is 0.270 e. The monoisotopic (exact) mass is 240 g/mol. The second-order valence-corrected chi connectivity index (χ2v) is 6.22. The van der Waals surface area contributed by atoms with Crippen LogP contribution in [-0.2, 0) is 10.1 Å². The summed E-state index contributed by atoms with van der Waals surface area (Å²) in [6.45, 7) is 0. The van der Waals surface area contributed by atoms with Crippen molar-refractivity contribution in [3.05, 3.63) is 0 Å². The van der Waals surface area contributed by atoms with Crippen LogP contribution < -0.4 is 0 Å². The standard InChI is InChI=1S/C9H14F2O3S/c10-9(11,5-15(12,13)14)8-4-6-1-2-7(8)3-6/h6-8H,1-5H2,(H,12,13,14). The normalized spacial score (nSPS) is 36.1. The van der Waals surface area contributed by atoms with E-state index < -0.39 is 27.7 Å². The van der Waals surface area contributed by atoms with Crippen molar-refractivity contribution in [2.24, 2.45) is 17.8 Å². The average molecular weight is 240 g/mol. The number of halogens is 2. The Labute approximate surface area is 87.6 Å². The molecule has 3 atom stereocenters. The highest BCUT2D eigenvalue weighted by molar-refractivity contribution is 7.85. The fourth-order valence-electron chi connectivity index (χ4n) is 3.11. The Kier molecular flexibility index (Phi) is 2.54. The van der Waals surface area contributed by atoms with Gasteiger partial charge in [-0.05, 0) is 31.1 Å². The lowest BCUT2D eigenvalue weighted by molar-refractivity contribution is -0.0580. The first-order chi connectivity index (χ1) is 6.78. The van der Waals surface area contributed by atoms with E-state index >= 15 is 0 Å². The summed E-state index contributed by atoms with van der Waals surface area (Å²) >= 11 is 0. The molecule has 3 unspecified atom stereocenters. The molecular weight excluding hydrogens is 226 g/mol. The van der Waals surface area contributed by atoms with E-state index in [1.807, 2.05) is 0 Å². The van der Waals surface area contributed by atoms with E-state index in [1.165, 1.54) is 0 Å². The molecule has 2 aliphatic carbocycles. The molecule has 0 aromatic heterocycles. The van der Waals surface area contributed by atoms with E-state index in [-0.39, 0.29) is 5.92 Å². The Morgan fingerprint density at radius 2 is 1.93 bits per heavy atom. The molecule has 0 aromatic rings. The van der Waals surface area contributed by atoms with Gasteiger partial charge >= 0.3 is 0 Å². The molecule has 2 fully saturated rings. The van der Waals surface area contributed by atoms with Gasteiger partial charge in [0.05, 0.1) is 0 Å². The van der Waals surface area contributed by atoms with Crippen LogP contribution in [0.15, 0.2) is 0 Å². The summed E-state index contributed by atoms with van der Waals surface area (Å²) < 4.78 is 56.5. The molecule has 0 saturated heterocycles. The van der Waals surface area contributed by atoms with Crippen LogP contribution in [0, 0.1) is 17.8 Å². The number of hydrogen-bond acceptors (Lipinski definition) is 2. The molecular formula is C9H14F2O3S. The summed E-state index contributed by atoms with van der Waals surface area (Å²) in [4.78, 5) is 0. The number of hydrogen-bond donors (Lipinski definition) is 1. The summed E-state index contributed by atoms with van der Waals surface area (Å²) in [5.41, 5.74) is 0. The molecule has 2 aliphatic rings. The van der Waals surface area contributed by atoms with Gasteiger partial charge < -0.3 is 0 Å². The molecule has 0 radical (unpaired) electrons. The molecule has 15 heavy (non-hydrogen) atoms. The van der Waals surface area contributed by atoms with Crippen LogP contribution >= 0.6 is 0 Å². The molecule has 1 N–H and O–H groups in total. The number of rotatable bonds is 3. The molecule has 2 rings (SSSR count). The zero-order valence-corrected chi connectivity index (χ0v) is 9.01. The topological polar surface area (TPSA) is 54.4 Å². The highest BCUT2D eigenvalue weighted by Gasteiger charge is 2.53. The summed E-state index contributed by atoms with van der Waals surface area (Å²) in [6.07, 6.45) is 2.97. The van der Waals surface area contributed by atoms with Gasteiger partial charge in [0.1, 0.15) is 5.75 Å². The van der Waals surface area contributed by atoms with Crippen LogP contribution in [0.1, 0.15) is 25.7 Å². The second kappa shape index (κ2) is 3.38. The molecule has 2 saturated carbocycles. The fraction of sp³-hybridized carbons (Fsp3) is 1.00. The van der Waals surface area contributed by atoms with E-state index in [2.05, 4.69) is 0 Å². The highest BCUT2D eigenvalue weighted by Crippen LogP contribution is 2.53. The minimum atomic E-state index is -4.59. The van der Waals surface area contributed by atoms with Gasteiger partial charge in [-0.3, -0.25) is 4.55 Å². The zero-order valence-electron chi connectivity index (χ0n) is 8.20. The van der Waals surface area contributed by atoms with Gasteiger partial charge in [-0.25, -0.2) is 8.78 Å². The van der Waals surface area contributed by atoms with E-state index in [0.717, 1.165) is 19.3 Å². The van der Waals surface area contributed by atoms with Crippen molar-refractivity contribution in [1.82, 2.24) is 0 Å². The Morgan fingerprint density at radius 3 is 2.33 bits per heavy atom. The predicted molar refractivity (Wildman–Crippen MR) is 50.3 cm³/mol. The van der Waals surface area contributed by atoms with Crippen molar-refractivity contribution in [2.45, 2.75) is 31.6 Å². The minimum absolute atomic E-state index is 0.0493. The summed E-state index contributed by atoms with van der Waals surface area (Å²) in [5.74, 6) is -5.25. The molecule has 0 heterocycles. The quantitative estimate of drug-likeness (QED) is 0.767. The van der Waals surface area contributed by atoms with Crippen LogP contribution in [0.3, 0.4) is 0 Å². The van der Waals surface area contributed by atoms with Crippen molar-refractivity contribution >= 4 is 10.1 Å². The summed E-state index contributed by atoms with van der Waals surface area (Å²) in [6, 6.07) is 0. The molecule has 0 amide bonds. The number of fused-ring (bicyclic) bond motifs is 2. The van der Waals surface area contributed by atoms with Crippen LogP contribution in [0.4, 0.5) is 8.78 Å². The van der Waals surface area contributed by atoms with Gasteiger partial charge in [-0.1, -0.05) is 6.42 Å². The first kappa shape index (κ1) is 11.3. The van der Waals surface area contributed by atoms with Crippen molar-refractivity contribution in [1.29, 1.82) is 0 Å². The van der Waals surface area contributed by atoms with E-state index in [0.29, 0.717) is 12.3 Å². The largest absolute Gasteiger partial charge is 0.285 e. The Bertz CT molecular complexity index is 352. The SMILES string of the molecule is O=S(=O)(O)CC(F)(F)C1CC2CCC1C2. The van der Waals surface area contributed by atoms with Gasteiger partial charge in [0.25, 0.3) is 16.0 Å². The molecule has 88 valence electrons. The third kappa shape index (κ3) is 2.30. The third-order valence-electron chi connectivity index (χ3n) is 3.66. The lowest BCUT2D eigenvalue weighted by atomic mass is 9.85. The summed E-state index contributed by atoms with van der Waals surface area (Å²) in [7, 11) is -4.59. The van der Waals surface area contributed by atoms with Gasteiger partial charge in [-0.15, -0.1) is 0 Å². The van der Waals surface area contributed by atoms with Gasteiger partial charge in [0.2, 0.25) is 0 Å². The maximum Gasteiger partial charge on any atom is 0.270 e. The average Bonchev–Trinajstić information content (AvgIpc) is 2.58. The molecule has 6 heteroatoms. The lowest BCUT2D eigenvalue weighted by Gasteiger charge is -2.29. The third-order valence-corrected chi connectivity index (χ3v) is 4.41. The van der Waals surface area contributed by atoms with Crippen molar-refractivity contribution in [3.63, 3.8) is 0 Å². The first-order valence-electron chi connectivity index (χ1n) is 5.11. The van der Waals surface area contributed by atoms with Crippen LogP contribution in [0.5, 0.6) is 0 Å². The summed E-state index contributed by atoms with van der Waals surface area (Å²) in [5, 5.41) is 0. The van der Waals surface area contributed by atoms with Gasteiger partial charge in [0.15, 0.2) is 0 Å². The van der Waals surface area contributed by atoms with Gasteiger partial charge in [-0.2, -0.15) is 8.42 Å². The van der Waals surface area contributed by atoms with Crippen LogP contribution in [0.2, 0.25) is 0 Å². The molecule has 0 aliphatic heterocycles. The van der Waals surface area contributed by atoms with Crippen LogP contribution in [0.25, 0.3) is 0 Å². The van der Waals surface area contributed by atoms with Crippen molar-refractivity contribution in [2.75, 3.05) is 5.75 Å². The Hall–Kier alpha value is -0.230. The van der Waals surface area contributed by atoms with Crippen LogP contribution in [-0.4, -0.2) is 24.6 Å². The number of alkyl halides is 2. The second-order valence-electron chi connectivity index (χ2n) is 4.77. The molecule has 0 aromatic carbocycles. The Balaban J connectivity index is 2.09. The first-order valence-corrected chi connectivity index (χ1v) is 6.72. The Morgan fingerprint density at radius 1 is 1.27 bits per heavy atom. The molecule has 3 nitrogen and oxygen atoms in total. The highest BCUT2D eigenvalue weighted by atomic mass is 32.2. The molecule has 0 spiro atoms. The van der Waals surface area contributed by atoms with Gasteiger partial charge in [0, 0.05) is 5.92 Å². The van der Waals surface area contributed by atoms with E-state index in [9.17, 15) is 17.2 Å². The predicted octanol–water partition coefficient (Wildman–Crippen LogP) is 1.95. The van der Waals surface area contributed by atoms with E-state index in [1.54, 1.807) is 0 Å². The van der Waals surface area contributed by atoms with E-state index in [4.69, 9.17) is 4.55 Å². The maximum absolute atomic E-state index is 13.5. The fourth-order valence-corrected chi connectivity index (χ4v) is 3.81. The molecule has 2 bridgehead atoms. The minimum Gasteiger partial charge on any atom is -0.285 e. The van der Waals surface area contributed by atoms with Crippen molar-refractivity contribution in [3.8, 4) is 0 Å². The lowest BCUT2D eigenvalue weighted by Crippen LogP contribution is -2.38. The maximum atomic E-state index is 13.5.